The van der Waals surface area contributed by atoms with E-state index in [0.717, 1.165) is 10.2 Å². The zero-order valence-corrected chi connectivity index (χ0v) is 8.54. The van der Waals surface area contributed by atoms with Gasteiger partial charge in [0.2, 0.25) is 0 Å². The van der Waals surface area contributed by atoms with E-state index in [1.165, 1.54) is 5.56 Å². The summed E-state index contributed by atoms with van der Waals surface area (Å²) in [5, 5.41) is 0. The summed E-state index contributed by atoms with van der Waals surface area (Å²) in [6, 6.07) is 8.06. The number of halogens is 1. The average molecular weight is 264 g/mol. The van der Waals surface area contributed by atoms with E-state index in [-0.39, 0.29) is 21.5 Å². The van der Waals surface area contributed by atoms with Crippen LogP contribution in [0.1, 0.15) is 5.56 Å². The van der Waals surface area contributed by atoms with Crippen molar-refractivity contribution in [3.05, 3.63) is 29.8 Å². The van der Waals surface area contributed by atoms with Gasteiger partial charge in [-0.05, 0) is 0 Å². The van der Waals surface area contributed by atoms with Crippen molar-refractivity contribution in [1.29, 1.82) is 0 Å². The number of hydrogen-bond donors (Lipinski definition) is 1. The predicted molar refractivity (Wildman–Crippen MR) is 40.9 cm³/mol. The number of benzene rings is 1. The predicted octanol–water partition coefficient (Wildman–Crippen LogP) is -1.84. The van der Waals surface area contributed by atoms with Crippen LogP contribution in [0.5, 0.6) is 5.75 Å². The summed E-state index contributed by atoms with van der Waals surface area (Å²) in [4.78, 5) is 0. The first-order valence-corrected chi connectivity index (χ1v) is 6.04. The fourth-order valence-corrected chi connectivity index (χ4v) is 1.82. The summed E-state index contributed by atoms with van der Waals surface area (Å²) in [5.41, 5.74) is 1.31. The van der Waals surface area contributed by atoms with Crippen molar-refractivity contribution in [1.82, 2.24) is 0 Å². The van der Waals surface area contributed by atoms with Gasteiger partial charge in [0.1, 0.15) is 0 Å². The Kier molecular flexibility index (Phi) is 3.65. The molecule has 0 saturated carbocycles. The van der Waals surface area contributed by atoms with Gasteiger partial charge in [-0.2, -0.15) is 0 Å². The zero-order chi connectivity index (χ0) is 8.10. The fraction of sp³-hybridized carbons (Fsp3) is 0.250. The molecular weight excluding hydrogens is 253 g/mol. The maximum absolute atomic E-state index is 5.51. The molecule has 0 aliphatic rings. The van der Waals surface area contributed by atoms with Gasteiger partial charge in [0, 0.05) is 0 Å². The van der Waals surface area contributed by atoms with Gasteiger partial charge >= 0.3 is 77.3 Å². The molecule has 0 spiro atoms. The third-order valence-corrected chi connectivity index (χ3v) is 2.71. The van der Waals surface area contributed by atoms with Crippen molar-refractivity contribution in [2.75, 3.05) is 7.11 Å². The van der Waals surface area contributed by atoms with Crippen LogP contribution in [0.2, 0.25) is 0 Å². The monoisotopic (exact) mass is 264 g/mol. The first-order valence-electron chi connectivity index (χ1n) is 3.27. The molecule has 0 unspecified atom stereocenters. The van der Waals surface area contributed by atoms with Crippen molar-refractivity contribution >= 4 is 0 Å². The Hall–Kier alpha value is -0.290. The normalized spacial score (nSPS) is 10.0. The molecule has 3 heteroatoms. The van der Waals surface area contributed by atoms with Crippen LogP contribution in [0, 0.1) is 0 Å². The second-order valence-corrected chi connectivity index (χ2v) is 3.78. The zero-order valence-electron chi connectivity index (χ0n) is 6.38. The summed E-state index contributed by atoms with van der Waals surface area (Å²) in [6.45, 7) is 0. The topological polar surface area (TPSA) is 35.2 Å². The first-order chi connectivity index (χ1) is 5.36. The molecule has 0 aliphatic heterocycles. The minimum atomic E-state index is -0.126. The molecule has 0 radical (unpaired) electrons. The molecule has 2 N–H and O–H groups in total. The van der Waals surface area contributed by atoms with E-state index in [2.05, 4.69) is 12.1 Å². The molecule has 0 saturated heterocycles. The molecule has 0 heterocycles. The minimum absolute atomic E-state index is 0.126. The van der Waals surface area contributed by atoms with E-state index in [1.807, 2.05) is 12.1 Å². The Morgan fingerprint density at radius 3 is 2.45 bits per heavy atom. The van der Waals surface area contributed by atoms with Gasteiger partial charge in [0.25, 0.3) is 0 Å². The molecule has 11 heavy (non-hydrogen) atoms. The van der Waals surface area contributed by atoms with Gasteiger partial charge in [0.05, 0.1) is 0 Å². The standard InChI is InChI=1S/C8H11INO/c1-11-8-4-2-7(3-5-8)6-9-10/h2-5H,6,10H2,1H3/q-1. The molecule has 1 rings (SSSR count). The van der Waals surface area contributed by atoms with E-state index in [1.54, 1.807) is 7.11 Å². The van der Waals surface area contributed by atoms with E-state index in [0.29, 0.717) is 0 Å². The Morgan fingerprint density at radius 2 is 2.00 bits per heavy atom. The van der Waals surface area contributed by atoms with Gasteiger partial charge in [-0.15, -0.1) is 0 Å². The maximum atomic E-state index is 5.51. The third-order valence-electron chi connectivity index (χ3n) is 1.39. The molecule has 0 atom stereocenters. The average Bonchev–Trinajstić information content (AvgIpc) is 2.07. The number of rotatable bonds is 3. The van der Waals surface area contributed by atoms with Gasteiger partial charge in [0.15, 0.2) is 0 Å². The SMILES string of the molecule is COc1ccc(C[I-]N)cc1. The number of ether oxygens (including phenoxy) is 1. The molecule has 1 aromatic carbocycles. The van der Waals surface area contributed by atoms with Crippen LogP contribution in [0.4, 0.5) is 0 Å². The third kappa shape index (κ3) is 2.67. The summed E-state index contributed by atoms with van der Waals surface area (Å²) < 4.78 is 11.6. The molecule has 0 aromatic heterocycles. The van der Waals surface area contributed by atoms with Crippen LogP contribution >= 0.6 is 0 Å². The summed E-state index contributed by atoms with van der Waals surface area (Å²) >= 11 is -0.126. The molecule has 2 nitrogen and oxygen atoms in total. The van der Waals surface area contributed by atoms with Crippen molar-refractivity contribution in [3.63, 3.8) is 0 Å². The van der Waals surface area contributed by atoms with E-state index in [4.69, 9.17) is 8.68 Å². The molecule has 62 valence electrons. The molecular formula is C8H11INO-. The Bertz CT molecular complexity index is 210. The second-order valence-electron chi connectivity index (χ2n) is 2.14. The number of nitrogens with two attached hydrogens (primary N) is 1. The van der Waals surface area contributed by atoms with Crippen molar-refractivity contribution < 1.29 is 26.2 Å². The quantitative estimate of drug-likeness (QED) is 0.395. The van der Waals surface area contributed by atoms with Crippen LogP contribution in [0.3, 0.4) is 0 Å². The Balaban J connectivity index is 2.66. The summed E-state index contributed by atoms with van der Waals surface area (Å²) in [5.74, 6) is 0.906. The first kappa shape index (κ1) is 8.80. The van der Waals surface area contributed by atoms with Crippen molar-refractivity contribution in [2.45, 2.75) is 4.43 Å². The van der Waals surface area contributed by atoms with Gasteiger partial charge in [-0.25, -0.2) is 0 Å². The summed E-state index contributed by atoms with van der Waals surface area (Å²) in [6.07, 6.45) is 0. The van der Waals surface area contributed by atoms with Crippen molar-refractivity contribution in [3.8, 4) is 5.75 Å². The Labute approximate surface area is 77.4 Å². The van der Waals surface area contributed by atoms with Gasteiger partial charge < -0.3 is 0 Å². The molecule has 0 amide bonds. The molecule has 0 fully saturated rings. The number of hydrogen-bond acceptors (Lipinski definition) is 2. The Morgan fingerprint density at radius 1 is 1.36 bits per heavy atom. The van der Waals surface area contributed by atoms with Crippen LogP contribution in [-0.4, -0.2) is 7.11 Å². The molecule has 1 aromatic rings. The van der Waals surface area contributed by atoms with Crippen LogP contribution < -0.4 is 30.2 Å². The number of alkyl halides is 1. The van der Waals surface area contributed by atoms with Crippen LogP contribution in [0.25, 0.3) is 0 Å². The van der Waals surface area contributed by atoms with E-state index < -0.39 is 0 Å². The number of methoxy groups -OCH3 is 1. The van der Waals surface area contributed by atoms with E-state index in [9.17, 15) is 0 Å². The molecule has 0 bridgehead atoms. The fourth-order valence-electron chi connectivity index (χ4n) is 0.804. The van der Waals surface area contributed by atoms with Crippen LogP contribution in [-0.2, 0) is 4.43 Å². The van der Waals surface area contributed by atoms with Gasteiger partial charge in [-0.3, -0.25) is 0 Å². The summed E-state index contributed by atoms with van der Waals surface area (Å²) in [7, 11) is 1.67. The molecule has 0 aliphatic carbocycles. The van der Waals surface area contributed by atoms with Gasteiger partial charge in [-0.1, -0.05) is 0 Å². The van der Waals surface area contributed by atoms with Crippen molar-refractivity contribution in [2.24, 2.45) is 3.95 Å². The second kappa shape index (κ2) is 4.56. The van der Waals surface area contributed by atoms with E-state index >= 15 is 0 Å². The van der Waals surface area contributed by atoms with Crippen LogP contribution in [0.15, 0.2) is 24.3 Å².